The highest BCUT2D eigenvalue weighted by molar-refractivity contribution is 6.35. The third-order valence-electron chi connectivity index (χ3n) is 3.89. The Morgan fingerprint density at radius 1 is 1.24 bits per heavy atom. The minimum Gasteiger partial charge on any atom is -0.307 e. The Bertz CT molecular complexity index is 882. The van der Waals surface area contributed by atoms with Gasteiger partial charge in [-0.25, -0.2) is 0 Å². The lowest BCUT2D eigenvalue weighted by atomic mass is 10.2. The molecule has 8 heteroatoms. The molecule has 0 fully saturated rings. The number of nitrogens with one attached hydrogen (secondary N) is 1. The van der Waals surface area contributed by atoms with Crippen LogP contribution < -0.4 is 5.32 Å². The summed E-state index contributed by atoms with van der Waals surface area (Å²) in [7, 11) is 0. The zero-order chi connectivity index (χ0) is 18.0. The van der Waals surface area contributed by atoms with Crippen LogP contribution >= 0.6 is 23.2 Å². The van der Waals surface area contributed by atoms with Gasteiger partial charge in [0.15, 0.2) is 5.82 Å². The molecule has 0 saturated heterocycles. The second-order valence-corrected chi connectivity index (χ2v) is 6.50. The first-order valence-corrected chi connectivity index (χ1v) is 8.48. The zero-order valence-corrected chi connectivity index (χ0v) is 15.3. The van der Waals surface area contributed by atoms with Crippen molar-refractivity contribution in [2.45, 2.75) is 26.4 Å². The van der Waals surface area contributed by atoms with Crippen LogP contribution in [0.5, 0.6) is 0 Å². The van der Waals surface area contributed by atoms with Gasteiger partial charge in [-0.05, 0) is 32.0 Å². The predicted molar refractivity (Wildman–Crippen MR) is 98.1 cm³/mol. The quantitative estimate of drug-likeness (QED) is 0.731. The van der Waals surface area contributed by atoms with Gasteiger partial charge in [-0.15, -0.1) is 0 Å². The van der Waals surface area contributed by atoms with Gasteiger partial charge in [0.1, 0.15) is 6.04 Å². The van der Waals surface area contributed by atoms with E-state index in [0.29, 0.717) is 22.4 Å². The first-order chi connectivity index (χ1) is 12.0. The fraction of sp³-hybridized carbons (Fsp3) is 0.235. The summed E-state index contributed by atoms with van der Waals surface area (Å²) in [6.45, 7) is 4.11. The van der Waals surface area contributed by atoms with Crippen LogP contribution in [-0.4, -0.2) is 25.5 Å². The summed E-state index contributed by atoms with van der Waals surface area (Å²) in [5, 5.41) is 12.5. The average molecular weight is 378 g/mol. The maximum absolute atomic E-state index is 12.4. The van der Waals surface area contributed by atoms with Gasteiger partial charge in [0.05, 0.1) is 6.54 Å². The van der Waals surface area contributed by atoms with Crippen LogP contribution in [0.15, 0.2) is 42.7 Å². The number of amides is 1. The minimum atomic E-state index is -0.432. The van der Waals surface area contributed by atoms with Gasteiger partial charge in [0.25, 0.3) is 0 Å². The van der Waals surface area contributed by atoms with E-state index in [9.17, 15) is 4.79 Å². The lowest BCUT2D eigenvalue weighted by Gasteiger charge is -2.13. The molecule has 0 spiro atoms. The molecule has 1 aromatic carbocycles. The molecule has 0 aliphatic carbocycles. The Labute approximate surface area is 155 Å². The maximum Gasteiger partial charge on any atom is 0.250 e. The molecule has 0 radical (unpaired) electrons. The normalized spacial score (nSPS) is 12.2. The number of aryl methyl sites for hydroxylation is 1. The molecule has 0 aliphatic rings. The largest absolute Gasteiger partial charge is 0.307 e. The van der Waals surface area contributed by atoms with E-state index in [1.807, 2.05) is 13.0 Å². The van der Waals surface area contributed by atoms with Crippen molar-refractivity contribution in [2.75, 3.05) is 5.32 Å². The molecule has 3 rings (SSSR count). The highest BCUT2D eigenvalue weighted by atomic mass is 35.5. The molecular weight excluding hydrogens is 361 g/mol. The van der Waals surface area contributed by atoms with Crippen LogP contribution in [0.25, 0.3) is 0 Å². The smallest absolute Gasteiger partial charge is 0.250 e. The van der Waals surface area contributed by atoms with E-state index in [2.05, 4.69) is 15.5 Å². The fourth-order valence-corrected chi connectivity index (χ4v) is 3.01. The third kappa shape index (κ3) is 3.86. The molecule has 3 aromatic rings. The lowest BCUT2D eigenvalue weighted by molar-refractivity contribution is -0.119. The van der Waals surface area contributed by atoms with Gasteiger partial charge in [0, 0.05) is 39.8 Å². The van der Waals surface area contributed by atoms with E-state index in [-0.39, 0.29) is 5.91 Å². The number of hydrogen-bond donors (Lipinski definition) is 1. The number of halogens is 2. The lowest BCUT2D eigenvalue weighted by Crippen LogP contribution is -2.25. The summed E-state index contributed by atoms with van der Waals surface area (Å²) >= 11 is 12.4. The van der Waals surface area contributed by atoms with Gasteiger partial charge in [-0.3, -0.25) is 14.2 Å². The van der Waals surface area contributed by atoms with Gasteiger partial charge >= 0.3 is 0 Å². The van der Waals surface area contributed by atoms with Crippen molar-refractivity contribution < 1.29 is 4.79 Å². The monoisotopic (exact) mass is 377 g/mol. The van der Waals surface area contributed by atoms with Crippen molar-refractivity contribution in [1.29, 1.82) is 0 Å². The Morgan fingerprint density at radius 3 is 2.60 bits per heavy atom. The molecule has 0 saturated carbocycles. The minimum absolute atomic E-state index is 0.187. The van der Waals surface area contributed by atoms with E-state index in [1.54, 1.807) is 52.9 Å². The Kier molecular flexibility index (Phi) is 5.11. The average Bonchev–Trinajstić information content (AvgIpc) is 3.19. The zero-order valence-electron chi connectivity index (χ0n) is 13.8. The number of carbonyl (C=O) groups excluding carboxylic acids is 1. The van der Waals surface area contributed by atoms with Crippen molar-refractivity contribution >= 4 is 34.9 Å². The first-order valence-electron chi connectivity index (χ1n) is 7.73. The number of nitrogens with zero attached hydrogens (tertiary/aromatic N) is 4. The predicted octanol–water partition coefficient (Wildman–Crippen LogP) is 3.94. The number of carbonyl (C=O) groups is 1. The second-order valence-electron chi connectivity index (χ2n) is 5.68. The van der Waals surface area contributed by atoms with Crippen molar-refractivity contribution in [3.63, 3.8) is 0 Å². The summed E-state index contributed by atoms with van der Waals surface area (Å²) in [6, 6.07) is 8.50. The van der Waals surface area contributed by atoms with E-state index in [0.717, 1.165) is 11.3 Å². The van der Waals surface area contributed by atoms with Crippen LogP contribution in [0, 0.1) is 6.92 Å². The molecule has 2 aromatic heterocycles. The summed E-state index contributed by atoms with van der Waals surface area (Å²) in [5.41, 5.74) is 1.70. The Balaban J connectivity index is 1.70. The van der Waals surface area contributed by atoms with Crippen LogP contribution in [0.2, 0.25) is 10.0 Å². The SMILES string of the molecule is Cc1ccnn1C(C)C(=O)Nc1ccn(Cc2c(Cl)cccc2Cl)n1. The number of rotatable bonds is 5. The first kappa shape index (κ1) is 17.5. The van der Waals surface area contributed by atoms with Crippen molar-refractivity contribution in [3.05, 3.63) is 64.0 Å². The van der Waals surface area contributed by atoms with E-state index >= 15 is 0 Å². The molecule has 0 aliphatic heterocycles. The molecular formula is C17H17Cl2N5O. The van der Waals surface area contributed by atoms with Crippen LogP contribution in [0.1, 0.15) is 24.2 Å². The maximum atomic E-state index is 12.4. The summed E-state index contributed by atoms with van der Waals surface area (Å²) in [4.78, 5) is 12.4. The molecule has 25 heavy (non-hydrogen) atoms. The Morgan fingerprint density at radius 2 is 1.96 bits per heavy atom. The molecule has 1 amide bonds. The molecule has 6 nitrogen and oxygen atoms in total. The van der Waals surface area contributed by atoms with Gasteiger partial charge in [-0.1, -0.05) is 29.3 Å². The fourth-order valence-electron chi connectivity index (χ4n) is 2.49. The van der Waals surface area contributed by atoms with Crippen molar-refractivity contribution in [1.82, 2.24) is 19.6 Å². The number of hydrogen-bond acceptors (Lipinski definition) is 3. The van der Waals surface area contributed by atoms with E-state index in [4.69, 9.17) is 23.2 Å². The van der Waals surface area contributed by atoms with E-state index < -0.39 is 6.04 Å². The Hall–Kier alpha value is -2.31. The number of benzene rings is 1. The molecule has 1 atom stereocenters. The second kappa shape index (κ2) is 7.29. The van der Waals surface area contributed by atoms with Crippen molar-refractivity contribution in [2.24, 2.45) is 0 Å². The van der Waals surface area contributed by atoms with Crippen molar-refractivity contribution in [3.8, 4) is 0 Å². The molecule has 130 valence electrons. The van der Waals surface area contributed by atoms with Gasteiger partial charge in [0.2, 0.25) is 5.91 Å². The van der Waals surface area contributed by atoms with Gasteiger partial charge < -0.3 is 5.32 Å². The summed E-state index contributed by atoms with van der Waals surface area (Å²) in [6.07, 6.45) is 3.43. The summed E-state index contributed by atoms with van der Waals surface area (Å²) < 4.78 is 3.34. The molecule has 1 unspecified atom stereocenters. The number of anilines is 1. The van der Waals surface area contributed by atoms with Crippen LogP contribution in [0.4, 0.5) is 5.82 Å². The third-order valence-corrected chi connectivity index (χ3v) is 4.60. The molecule has 2 heterocycles. The molecule has 0 bridgehead atoms. The number of aromatic nitrogens is 4. The standard InChI is InChI=1S/C17H17Cl2N5O/c1-11-6-8-20-24(11)12(2)17(25)21-16-7-9-23(22-16)10-13-14(18)4-3-5-15(13)19/h3-9,12H,10H2,1-2H3,(H,21,22,25). The topological polar surface area (TPSA) is 64.7 Å². The van der Waals surface area contributed by atoms with Gasteiger partial charge in [-0.2, -0.15) is 10.2 Å². The summed E-state index contributed by atoms with van der Waals surface area (Å²) in [5.74, 6) is 0.276. The van der Waals surface area contributed by atoms with Crippen LogP contribution in [-0.2, 0) is 11.3 Å². The van der Waals surface area contributed by atoms with Crippen LogP contribution in [0.3, 0.4) is 0 Å². The highest BCUT2D eigenvalue weighted by Crippen LogP contribution is 2.25. The highest BCUT2D eigenvalue weighted by Gasteiger charge is 2.18. The molecule has 1 N–H and O–H groups in total. The van der Waals surface area contributed by atoms with E-state index in [1.165, 1.54) is 0 Å².